The summed E-state index contributed by atoms with van der Waals surface area (Å²) in [5, 5.41) is 11.1. The summed E-state index contributed by atoms with van der Waals surface area (Å²) in [5.41, 5.74) is 0. The number of halogens is 2. The molecule has 0 spiro atoms. The van der Waals surface area contributed by atoms with E-state index in [9.17, 15) is 8.78 Å². The summed E-state index contributed by atoms with van der Waals surface area (Å²) in [6.45, 7) is -0.0142. The van der Waals surface area contributed by atoms with Crippen LogP contribution in [0.15, 0.2) is 0 Å². The monoisotopic (exact) mass is 137 g/mol. The zero-order valence-electron chi connectivity index (χ0n) is 4.90. The molecule has 54 valence electrons. The lowest BCUT2D eigenvalue weighted by Gasteiger charge is -2.26. The first-order valence-electron chi connectivity index (χ1n) is 2.87. The average Bonchev–Trinajstić information content (AvgIpc) is 1.60. The molecule has 2 N–H and O–H groups in total. The molecule has 0 aromatic rings. The zero-order chi connectivity index (χ0) is 6.91. The molecule has 0 aromatic carbocycles. The quantitative estimate of drug-likeness (QED) is 0.491. The lowest BCUT2D eigenvalue weighted by atomic mass is 10.1. The van der Waals surface area contributed by atoms with Crippen LogP contribution in [0.3, 0.4) is 0 Å². The van der Waals surface area contributed by atoms with Crippen LogP contribution in [-0.4, -0.2) is 30.2 Å². The summed E-state index contributed by atoms with van der Waals surface area (Å²) in [6, 6.07) is 0. The van der Waals surface area contributed by atoms with E-state index in [-0.39, 0.29) is 13.1 Å². The van der Waals surface area contributed by atoms with Crippen molar-refractivity contribution in [1.29, 1.82) is 0 Å². The number of aliphatic hydroxyl groups excluding tert-OH is 1. The van der Waals surface area contributed by atoms with Gasteiger partial charge in [0.05, 0.1) is 12.6 Å². The summed E-state index contributed by atoms with van der Waals surface area (Å²) >= 11 is 0. The van der Waals surface area contributed by atoms with E-state index < -0.39 is 18.4 Å². The van der Waals surface area contributed by atoms with Crippen molar-refractivity contribution in [3.05, 3.63) is 0 Å². The van der Waals surface area contributed by atoms with E-state index in [1.54, 1.807) is 0 Å². The van der Waals surface area contributed by atoms with Crippen LogP contribution in [-0.2, 0) is 0 Å². The van der Waals surface area contributed by atoms with Gasteiger partial charge in [-0.3, -0.25) is 0 Å². The van der Waals surface area contributed by atoms with Crippen LogP contribution in [0.4, 0.5) is 8.78 Å². The van der Waals surface area contributed by atoms with Crippen LogP contribution in [0, 0.1) is 0 Å². The standard InChI is InChI=1S/C5H9F2NO/c6-5(7)1-4(9)2-8-3-5/h4,8-9H,1-3H2. The van der Waals surface area contributed by atoms with Crippen LogP contribution in [0.1, 0.15) is 6.42 Å². The third kappa shape index (κ3) is 1.87. The molecule has 0 radical (unpaired) electrons. The molecule has 0 bridgehead atoms. The van der Waals surface area contributed by atoms with Gasteiger partial charge in [-0.15, -0.1) is 0 Å². The number of β-amino-alcohol motifs (C(OH)–C–C–N with tert-alkyl or cyclic N) is 1. The molecule has 0 aliphatic carbocycles. The Hall–Kier alpha value is -0.220. The Kier molecular flexibility index (Phi) is 1.68. The predicted octanol–water partition coefficient (Wildman–Crippen LogP) is -0.0241. The zero-order valence-corrected chi connectivity index (χ0v) is 4.90. The van der Waals surface area contributed by atoms with E-state index in [1.807, 2.05) is 0 Å². The number of alkyl halides is 2. The van der Waals surface area contributed by atoms with Crippen molar-refractivity contribution in [3.8, 4) is 0 Å². The summed E-state index contributed by atoms with van der Waals surface area (Å²) in [4.78, 5) is 0. The number of hydrogen-bond donors (Lipinski definition) is 2. The molecular formula is C5H9F2NO. The van der Waals surface area contributed by atoms with Crippen molar-refractivity contribution in [2.24, 2.45) is 0 Å². The fraction of sp³-hybridized carbons (Fsp3) is 1.00. The second-order valence-corrected chi connectivity index (χ2v) is 2.34. The molecular weight excluding hydrogens is 128 g/mol. The Morgan fingerprint density at radius 3 is 2.56 bits per heavy atom. The molecule has 1 fully saturated rings. The first kappa shape index (κ1) is 6.89. The highest BCUT2D eigenvalue weighted by Gasteiger charge is 2.35. The molecule has 0 saturated carbocycles. The van der Waals surface area contributed by atoms with Gasteiger partial charge in [0.1, 0.15) is 0 Å². The predicted molar refractivity (Wildman–Crippen MR) is 28.4 cm³/mol. The van der Waals surface area contributed by atoms with Gasteiger partial charge in [-0.2, -0.15) is 0 Å². The number of rotatable bonds is 0. The Balaban J connectivity index is 2.41. The Labute approximate surface area is 51.9 Å². The lowest BCUT2D eigenvalue weighted by molar-refractivity contribution is -0.0630. The van der Waals surface area contributed by atoms with E-state index in [2.05, 4.69) is 5.32 Å². The van der Waals surface area contributed by atoms with Crippen molar-refractivity contribution in [1.82, 2.24) is 5.32 Å². The van der Waals surface area contributed by atoms with Crippen molar-refractivity contribution >= 4 is 0 Å². The van der Waals surface area contributed by atoms with Crippen molar-refractivity contribution in [3.63, 3.8) is 0 Å². The Bertz CT molecular complexity index is 107. The molecule has 9 heavy (non-hydrogen) atoms. The fourth-order valence-corrected chi connectivity index (χ4v) is 0.911. The minimum Gasteiger partial charge on any atom is -0.392 e. The van der Waals surface area contributed by atoms with Crippen LogP contribution in [0.25, 0.3) is 0 Å². The third-order valence-electron chi connectivity index (χ3n) is 1.30. The largest absolute Gasteiger partial charge is 0.392 e. The van der Waals surface area contributed by atoms with E-state index in [4.69, 9.17) is 5.11 Å². The van der Waals surface area contributed by atoms with Crippen LogP contribution in [0.5, 0.6) is 0 Å². The first-order chi connectivity index (χ1) is 4.10. The maximum atomic E-state index is 12.2. The topological polar surface area (TPSA) is 32.3 Å². The summed E-state index contributed by atoms with van der Waals surface area (Å²) in [6.07, 6.45) is -1.28. The van der Waals surface area contributed by atoms with E-state index in [1.165, 1.54) is 0 Å². The van der Waals surface area contributed by atoms with Crippen LogP contribution in [0.2, 0.25) is 0 Å². The smallest absolute Gasteiger partial charge is 0.262 e. The van der Waals surface area contributed by atoms with E-state index in [0.717, 1.165) is 0 Å². The van der Waals surface area contributed by atoms with Gasteiger partial charge in [-0.05, 0) is 0 Å². The lowest BCUT2D eigenvalue weighted by Crippen LogP contribution is -2.46. The van der Waals surface area contributed by atoms with Gasteiger partial charge in [-0.25, -0.2) is 8.78 Å². The molecule has 1 saturated heterocycles. The SMILES string of the molecule is OC1CNCC(F)(F)C1. The molecule has 1 unspecified atom stereocenters. The third-order valence-corrected chi connectivity index (χ3v) is 1.30. The van der Waals surface area contributed by atoms with Crippen molar-refractivity contribution in [2.45, 2.75) is 18.4 Å². The van der Waals surface area contributed by atoms with Crippen LogP contribution >= 0.6 is 0 Å². The molecule has 0 aromatic heterocycles. The number of nitrogens with one attached hydrogen (secondary N) is 1. The highest BCUT2D eigenvalue weighted by Crippen LogP contribution is 2.21. The highest BCUT2D eigenvalue weighted by molar-refractivity contribution is 4.80. The molecule has 1 atom stereocenters. The van der Waals surface area contributed by atoms with Crippen molar-refractivity contribution < 1.29 is 13.9 Å². The minimum absolute atomic E-state index is 0.287. The number of aliphatic hydroxyl groups is 1. The van der Waals surface area contributed by atoms with E-state index >= 15 is 0 Å². The molecule has 0 amide bonds. The molecule has 2 nitrogen and oxygen atoms in total. The second kappa shape index (κ2) is 2.19. The molecule has 1 heterocycles. The van der Waals surface area contributed by atoms with Gasteiger partial charge >= 0.3 is 0 Å². The normalized spacial score (nSPS) is 34.3. The van der Waals surface area contributed by atoms with Crippen molar-refractivity contribution in [2.75, 3.05) is 13.1 Å². The summed E-state index contributed by atoms with van der Waals surface area (Å²) in [5.74, 6) is -2.71. The average molecular weight is 137 g/mol. The van der Waals surface area contributed by atoms with Gasteiger partial charge in [0.2, 0.25) is 0 Å². The maximum Gasteiger partial charge on any atom is 0.262 e. The van der Waals surface area contributed by atoms with Gasteiger partial charge in [0.15, 0.2) is 0 Å². The molecule has 4 heteroatoms. The van der Waals surface area contributed by atoms with Gasteiger partial charge in [0.25, 0.3) is 5.92 Å². The first-order valence-corrected chi connectivity index (χ1v) is 2.87. The van der Waals surface area contributed by atoms with Crippen LogP contribution < -0.4 is 5.32 Å². The van der Waals surface area contributed by atoms with E-state index in [0.29, 0.717) is 0 Å². The second-order valence-electron chi connectivity index (χ2n) is 2.34. The molecule has 1 aliphatic heterocycles. The van der Waals surface area contributed by atoms with Gasteiger partial charge < -0.3 is 10.4 Å². The highest BCUT2D eigenvalue weighted by atomic mass is 19.3. The molecule has 1 rings (SSSR count). The molecule has 1 aliphatic rings. The summed E-state index contributed by atoms with van der Waals surface area (Å²) in [7, 11) is 0. The summed E-state index contributed by atoms with van der Waals surface area (Å²) < 4.78 is 24.5. The fourth-order valence-electron chi connectivity index (χ4n) is 0.911. The Morgan fingerprint density at radius 1 is 1.56 bits per heavy atom. The minimum atomic E-state index is -2.71. The Morgan fingerprint density at radius 2 is 2.22 bits per heavy atom. The number of hydrogen-bond acceptors (Lipinski definition) is 2. The van der Waals surface area contributed by atoms with Gasteiger partial charge in [0, 0.05) is 13.0 Å². The number of piperidine rings is 1. The maximum absolute atomic E-state index is 12.2. The van der Waals surface area contributed by atoms with Gasteiger partial charge in [-0.1, -0.05) is 0 Å².